The van der Waals surface area contributed by atoms with Crippen LogP contribution in [-0.2, 0) is 0 Å². The van der Waals surface area contributed by atoms with E-state index < -0.39 is 0 Å². The zero-order valence-electron chi connectivity index (χ0n) is 13.0. The number of carbonyl (C=O) groups is 1. The third kappa shape index (κ3) is 3.79. The summed E-state index contributed by atoms with van der Waals surface area (Å²) in [4.78, 5) is 15.4. The molecule has 1 aromatic heterocycles. The van der Waals surface area contributed by atoms with E-state index in [2.05, 4.69) is 16.4 Å². The molecule has 5 heteroatoms. The van der Waals surface area contributed by atoms with Gasteiger partial charge in [0.1, 0.15) is 5.69 Å². The number of para-hydroxylation sites is 1. The van der Waals surface area contributed by atoms with E-state index in [1.165, 1.54) is 31.3 Å². The van der Waals surface area contributed by atoms with Gasteiger partial charge < -0.3 is 10.3 Å². The van der Waals surface area contributed by atoms with Crippen molar-refractivity contribution in [3.8, 4) is 5.69 Å². The molecule has 0 radical (unpaired) electrons. The van der Waals surface area contributed by atoms with Crippen LogP contribution >= 0.6 is 12.2 Å². The van der Waals surface area contributed by atoms with Gasteiger partial charge in [0, 0.05) is 18.4 Å². The zero-order chi connectivity index (χ0) is 16.1. The SMILES string of the molecule is O=C(NCCC1=CCCCC1)c1c[nH]c(=S)n1-c1ccccc1. The Kier molecular flexibility index (Phi) is 5.08. The standard InChI is InChI=1S/C18H21N3OS/c22-17(19-12-11-14-7-3-1-4-8-14)16-13-20-18(23)21(16)15-9-5-2-6-10-15/h2,5-7,9-10,13H,1,3-4,8,11-12H2,(H,19,22)(H,20,23). The molecule has 0 aliphatic heterocycles. The Labute approximate surface area is 141 Å². The number of nitrogens with zero attached hydrogens (tertiary/aromatic N) is 1. The summed E-state index contributed by atoms with van der Waals surface area (Å²) in [5.74, 6) is -0.0994. The Morgan fingerprint density at radius 2 is 2.09 bits per heavy atom. The Morgan fingerprint density at radius 3 is 2.83 bits per heavy atom. The van der Waals surface area contributed by atoms with Crippen molar-refractivity contribution in [1.29, 1.82) is 0 Å². The molecule has 3 rings (SSSR count). The van der Waals surface area contributed by atoms with Crippen molar-refractivity contribution in [3.05, 3.63) is 58.6 Å². The summed E-state index contributed by atoms with van der Waals surface area (Å²) in [5.41, 5.74) is 2.89. The second kappa shape index (κ2) is 7.42. The van der Waals surface area contributed by atoms with Crippen molar-refractivity contribution in [1.82, 2.24) is 14.9 Å². The summed E-state index contributed by atoms with van der Waals surface area (Å²) in [7, 11) is 0. The van der Waals surface area contributed by atoms with E-state index in [1.54, 1.807) is 10.8 Å². The monoisotopic (exact) mass is 327 g/mol. The molecule has 0 saturated carbocycles. The number of hydrogen-bond acceptors (Lipinski definition) is 2. The van der Waals surface area contributed by atoms with Crippen molar-refractivity contribution < 1.29 is 4.79 Å². The van der Waals surface area contributed by atoms with Crippen LogP contribution in [0.25, 0.3) is 5.69 Å². The first kappa shape index (κ1) is 15.7. The fraction of sp³-hybridized carbons (Fsp3) is 0.333. The smallest absolute Gasteiger partial charge is 0.269 e. The number of hydrogen-bond donors (Lipinski definition) is 2. The van der Waals surface area contributed by atoms with Crippen molar-refractivity contribution in [2.24, 2.45) is 0 Å². The zero-order valence-corrected chi connectivity index (χ0v) is 13.9. The number of H-pyrrole nitrogens is 1. The molecule has 1 aliphatic carbocycles. The summed E-state index contributed by atoms with van der Waals surface area (Å²) in [5, 5.41) is 3.00. The first-order chi connectivity index (χ1) is 11.3. The van der Waals surface area contributed by atoms with Crippen LogP contribution in [0, 0.1) is 4.77 Å². The van der Waals surface area contributed by atoms with Gasteiger partial charge in [-0.25, -0.2) is 0 Å². The average Bonchev–Trinajstić information content (AvgIpc) is 2.98. The molecular weight excluding hydrogens is 306 g/mol. The van der Waals surface area contributed by atoms with Crippen molar-refractivity contribution in [3.63, 3.8) is 0 Å². The van der Waals surface area contributed by atoms with E-state index >= 15 is 0 Å². The molecule has 120 valence electrons. The molecule has 4 nitrogen and oxygen atoms in total. The van der Waals surface area contributed by atoms with Crippen molar-refractivity contribution >= 4 is 18.1 Å². The topological polar surface area (TPSA) is 49.8 Å². The first-order valence-corrected chi connectivity index (χ1v) is 8.48. The Hall–Kier alpha value is -2.14. The maximum atomic E-state index is 12.5. The highest BCUT2D eigenvalue weighted by Gasteiger charge is 2.14. The van der Waals surface area contributed by atoms with E-state index in [4.69, 9.17) is 12.2 Å². The minimum absolute atomic E-state index is 0.0994. The van der Waals surface area contributed by atoms with Crippen LogP contribution in [0.4, 0.5) is 0 Å². The second-order valence-electron chi connectivity index (χ2n) is 5.76. The van der Waals surface area contributed by atoms with Gasteiger partial charge >= 0.3 is 0 Å². The second-order valence-corrected chi connectivity index (χ2v) is 6.15. The summed E-state index contributed by atoms with van der Waals surface area (Å²) in [6.07, 6.45) is 9.82. The van der Waals surface area contributed by atoms with Gasteiger partial charge in [-0.2, -0.15) is 0 Å². The quantitative estimate of drug-likeness (QED) is 0.640. The number of benzene rings is 1. The van der Waals surface area contributed by atoms with Gasteiger partial charge in [0.25, 0.3) is 5.91 Å². The van der Waals surface area contributed by atoms with Crippen molar-refractivity contribution in [2.75, 3.05) is 6.54 Å². The van der Waals surface area contributed by atoms with E-state index in [0.29, 0.717) is 17.0 Å². The lowest BCUT2D eigenvalue weighted by atomic mass is 9.97. The molecule has 23 heavy (non-hydrogen) atoms. The molecule has 1 amide bonds. The van der Waals surface area contributed by atoms with Gasteiger partial charge in [-0.3, -0.25) is 9.36 Å². The number of aromatic nitrogens is 2. The van der Waals surface area contributed by atoms with E-state index in [1.807, 2.05) is 30.3 Å². The maximum Gasteiger partial charge on any atom is 0.269 e. The predicted octanol–water partition coefficient (Wildman–Crippen LogP) is 4.16. The Morgan fingerprint density at radius 1 is 1.26 bits per heavy atom. The third-order valence-corrected chi connectivity index (χ3v) is 4.44. The highest BCUT2D eigenvalue weighted by molar-refractivity contribution is 7.71. The average molecular weight is 327 g/mol. The summed E-state index contributed by atoms with van der Waals surface area (Å²) < 4.78 is 2.29. The highest BCUT2D eigenvalue weighted by atomic mass is 32.1. The van der Waals surface area contributed by atoms with Crippen LogP contribution in [0.1, 0.15) is 42.6 Å². The Balaban J connectivity index is 1.68. The molecule has 0 fully saturated rings. The molecule has 2 aromatic rings. The number of nitrogens with one attached hydrogen (secondary N) is 2. The predicted molar refractivity (Wildman–Crippen MR) is 94.5 cm³/mol. The Bertz CT molecular complexity index is 758. The van der Waals surface area contributed by atoms with E-state index in [0.717, 1.165) is 12.1 Å². The first-order valence-electron chi connectivity index (χ1n) is 8.07. The fourth-order valence-electron chi connectivity index (χ4n) is 2.93. The number of amides is 1. The van der Waals surface area contributed by atoms with Crippen LogP contribution in [0.3, 0.4) is 0 Å². The summed E-state index contributed by atoms with van der Waals surface area (Å²) in [6, 6.07) is 9.68. The molecule has 0 spiro atoms. The van der Waals surface area contributed by atoms with Crippen LogP contribution in [0.5, 0.6) is 0 Å². The maximum absolute atomic E-state index is 12.5. The van der Waals surface area contributed by atoms with Gasteiger partial charge in [-0.1, -0.05) is 29.8 Å². The van der Waals surface area contributed by atoms with Crippen LogP contribution in [-0.4, -0.2) is 22.0 Å². The minimum atomic E-state index is -0.0994. The largest absolute Gasteiger partial charge is 0.350 e. The lowest BCUT2D eigenvalue weighted by Crippen LogP contribution is -2.27. The highest BCUT2D eigenvalue weighted by Crippen LogP contribution is 2.19. The summed E-state index contributed by atoms with van der Waals surface area (Å²) in [6.45, 7) is 0.664. The van der Waals surface area contributed by atoms with E-state index in [-0.39, 0.29) is 5.91 Å². The number of rotatable bonds is 5. The molecule has 0 saturated heterocycles. The molecule has 2 N–H and O–H groups in total. The molecule has 1 heterocycles. The molecule has 1 aromatic carbocycles. The molecule has 0 atom stereocenters. The lowest BCUT2D eigenvalue weighted by Gasteiger charge is -2.13. The van der Waals surface area contributed by atoms with Crippen molar-refractivity contribution in [2.45, 2.75) is 32.1 Å². The fourth-order valence-corrected chi connectivity index (χ4v) is 3.19. The lowest BCUT2D eigenvalue weighted by molar-refractivity contribution is 0.0947. The third-order valence-electron chi connectivity index (χ3n) is 4.14. The molecular formula is C18H21N3OS. The van der Waals surface area contributed by atoms with E-state index in [9.17, 15) is 4.79 Å². The molecule has 0 bridgehead atoms. The molecule has 1 aliphatic rings. The summed E-state index contributed by atoms with van der Waals surface area (Å²) >= 11 is 5.31. The van der Waals surface area contributed by atoms with Crippen LogP contribution in [0.2, 0.25) is 0 Å². The number of allylic oxidation sites excluding steroid dienone is 1. The van der Waals surface area contributed by atoms with Gasteiger partial charge in [-0.15, -0.1) is 0 Å². The minimum Gasteiger partial charge on any atom is -0.350 e. The van der Waals surface area contributed by atoms with Gasteiger partial charge in [0.2, 0.25) is 0 Å². The van der Waals surface area contributed by atoms with Gasteiger partial charge in [-0.05, 0) is 56.5 Å². The van der Waals surface area contributed by atoms with Gasteiger partial charge in [0.05, 0.1) is 0 Å². The van der Waals surface area contributed by atoms with Gasteiger partial charge in [0.15, 0.2) is 4.77 Å². The number of aromatic amines is 1. The normalized spacial score (nSPS) is 14.3. The number of carbonyl (C=O) groups excluding carboxylic acids is 1. The molecule has 0 unspecified atom stereocenters. The van der Waals surface area contributed by atoms with Crippen LogP contribution in [0.15, 0.2) is 48.2 Å². The number of imidazole rings is 1. The van der Waals surface area contributed by atoms with Crippen LogP contribution < -0.4 is 5.32 Å².